The second-order valence-electron chi connectivity index (χ2n) is 4.81. The maximum absolute atomic E-state index is 3.59. The molecule has 0 saturated heterocycles. The number of hydrogen-bond donors (Lipinski definition) is 0. The quantitative estimate of drug-likeness (QED) is 0.676. The first-order valence-electron chi connectivity index (χ1n) is 6.29. The predicted molar refractivity (Wildman–Crippen MR) is 82.0 cm³/mol. The van der Waals surface area contributed by atoms with E-state index in [1.54, 1.807) is 0 Å². The SMILES string of the molecule is CN(c1ccc(Br)cc1CBr)C1CCCCC1. The lowest BCUT2D eigenvalue weighted by Crippen LogP contribution is -2.33. The Kier molecular flexibility index (Phi) is 4.92. The van der Waals surface area contributed by atoms with E-state index >= 15 is 0 Å². The van der Waals surface area contributed by atoms with E-state index in [1.807, 2.05) is 0 Å². The van der Waals surface area contributed by atoms with Gasteiger partial charge in [0.15, 0.2) is 0 Å². The van der Waals surface area contributed by atoms with Crippen molar-refractivity contribution in [3.05, 3.63) is 28.2 Å². The molecule has 0 amide bonds. The highest BCUT2D eigenvalue weighted by molar-refractivity contribution is 9.10. The molecule has 1 fully saturated rings. The molecule has 2 rings (SSSR count). The number of alkyl halides is 1. The van der Waals surface area contributed by atoms with Crippen molar-refractivity contribution >= 4 is 37.5 Å². The van der Waals surface area contributed by atoms with Gasteiger partial charge in [-0.25, -0.2) is 0 Å². The van der Waals surface area contributed by atoms with Crippen molar-refractivity contribution in [2.45, 2.75) is 43.5 Å². The molecule has 1 aliphatic carbocycles. The zero-order valence-electron chi connectivity index (χ0n) is 10.3. The van der Waals surface area contributed by atoms with Crippen LogP contribution in [0.15, 0.2) is 22.7 Å². The first-order chi connectivity index (χ1) is 8.22. The van der Waals surface area contributed by atoms with Crippen LogP contribution in [0.25, 0.3) is 0 Å². The molecule has 0 radical (unpaired) electrons. The van der Waals surface area contributed by atoms with E-state index < -0.39 is 0 Å². The van der Waals surface area contributed by atoms with Gasteiger partial charge in [0.2, 0.25) is 0 Å². The lowest BCUT2D eigenvalue weighted by atomic mass is 9.94. The fourth-order valence-corrected chi connectivity index (χ4v) is 3.53. The van der Waals surface area contributed by atoms with E-state index in [1.165, 1.54) is 43.4 Å². The van der Waals surface area contributed by atoms with Crippen molar-refractivity contribution in [1.29, 1.82) is 0 Å². The van der Waals surface area contributed by atoms with Crippen LogP contribution in [-0.2, 0) is 5.33 Å². The first-order valence-corrected chi connectivity index (χ1v) is 8.21. The molecule has 94 valence electrons. The lowest BCUT2D eigenvalue weighted by Gasteiger charge is -2.34. The summed E-state index contributed by atoms with van der Waals surface area (Å²) in [6, 6.07) is 7.31. The maximum Gasteiger partial charge on any atom is 0.0408 e. The summed E-state index contributed by atoms with van der Waals surface area (Å²) in [5.41, 5.74) is 2.74. The summed E-state index contributed by atoms with van der Waals surface area (Å²) in [5.74, 6) is 0. The third-order valence-corrected chi connectivity index (χ3v) is 4.79. The van der Waals surface area contributed by atoms with Gasteiger partial charge in [-0.05, 0) is 36.6 Å². The Hall–Kier alpha value is -0.0200. The molecule has 1 aromatic carbocycles. The van der Waals surface area contributed by atoms with Gasteiger partial charge in [-0.15, -0.1) is 0 Å². The minimum absolute atomic E-state index is 0.725. The van der Waals surface area contributed by atoms with Crippen molar-refractivity contribution in [2.75, 3.05) is 11.9 Å². The van der Waals surface area contributed by atoms with Gasteiger partial charge in [-0.3, -0.25) is 0 Å². The van der Waals surface area contributed by atoms with Crippen LogP contribution in [0, 0.1) is 0 Å². The lowest BCUT2D eigenvalue weighted by molar-refractivity contribution is 0.427. The van der Waals surface area contributed by atoms with Gasteiger partial charge in [0.25, 0.3) is 0 Å². The molecule has 0 spiro atoms. The number of rotatable bonds is 3. The third kappa shape index (κ3) is 3.25. The van der Waals surface area contributed by atoms with Crippen molar-refractivity contribution in [1.82, 2.24) is 0 Å². The second kappa shape index (κ2) is 6.24. The molecule has 0 aliphatic heterocycles. The van der Waals surface area contributed by atoms with Crippen LogP contribution in [0.3, 0.4) is 0 Å². The molecular formula is C14H19Br2N. The topological polar surface area (TPSA) is 3.24 Å². The highest BCUT2D eigenvalue weighted by Gasteiger charge is 2.19. The Morgan fingerprint density at radius 2 is 1.94 bits per heavy atom. The maximum atomic E-state index is 3.59. The molecule has 0 atom stereocenters. The molecular weight excluding hydrogens is 342 g/mol. The molecule has 1 nitrogen and oxygen atoms in total. The van der Waals surface area contributed by atoms with E-state index in [0.717, 1.165) is 15.8 Å². The largest absolute Gasteiger partial charge is 0.371 e. The van der Waals surface area contributed by atoms with Gasteiger partial charge < -0.3 is 4.90 Å². The van der Waals surface area contributed by atoms with E-state index in [4.69, 9.17) is 0 Å². The summed E-state index contributed by atoms with van der Waals surface area (Å²) in [5, 5.41) is 0.916. The monoisotopic (exact) mass is 359 g/mol. The van der Waals surface area contributed by atoms with Crippen LogP contribution in [0.1, 0.15) is 37.7 Å². The summed E-state index contributed by atoms with van der Waals surface area (Å²) in [6.07, 6.45) is 6.86. The molecule has 0 heterocycles. The van der Waals surface area contributed by atoms with Crippen LogP contribution in [0.5, 0.6) is 0 Å². The summed E-state index contributed by atoms with van der Waals surface area (Å²) >= 11 is 7.13. The van der Waals surface area contributed by atoms with E-state index in [-0.39, 0.29) is 0 Å². The second-order valence-corrected chi connectivity index (χ2v) is 6.29. The third-order valence-electron chi connectivity index (χ3n) is 3.69. The van der Waals surface area contributed by atoms with Crippen LogP contribution in [0.2, 0.25) is 0 Å². The minimum atomic E-state index is 0.725. The number of halogens is 2. The highest BCUT2D eigenvalue weighted by atomic mass is 79.9. The number of nitrogens with zero attached hydrogens (tertiary/aromatic N) is 1. The van der Waals surface area contributed by atoms with Crippen molar-refractivity contribution in [2.24, 2.45) is 0 Å². The number of benzene rings is 1. The van der Waals surface area contributed by atoms with Crippen LogP contribution >= 0.6 is 31.9 Å². The average molecular weight is 361 g/mol. The standard InChI is InChI=1S/C14H19Br2N/c1-17(13-5-3-2-4-6-13)14-8-7-12(16)9-11(14)10-15/h7-9,13H,2-6,10H2,1H3. The first kappa shape index (κ1) is 13.4. The van der Waals surface area contributed by atoms with Gasteiger partial charge in [0, 0.05) is 28.6 Å². The predicted octanol–water partition coefficient (Wildman–Crippen LogP) is 5.11. The minimum Gasteiger partial charge on any atom is -0.371 e. The summed E-state index contributed by atoms with van der Waals surface area (Å²) in [6.45, 7) is 0. The van der Waals surface area contributed by atoms with Crippen LogP contribution in [0.4, 0.5) is 5.69 Å². The van der Waals surface area contributed by atoms with Gasteiger partial charge in [0.05, 0.1) is 0 Å². The smallest absolute Gasteiger partial charge is 0.0408 e. The Morgan fingerprint density at radius 1 is 1.24 bits per heavy atom. The Morgan fingerprint density at radius 3 is 2.59 bits per heavy atom. The molecule has 1 aliphatic rings. The number of anilines is 1. The van der Waals surface area contributed by atoms with E-state index in [2.05, 4.69) is 62.0 Å². The highest BCUT2D eigenvalue weighted by Crippen LogP contribution is 2.31. The summed E-state index contributed by atoms with van der Waals surface area (Å²) < 4.78 is 1.16. The van der Waals surface area contributed by atoms with Crippen molar-refractivity contribution in [3.8, 4) is 0 Å². The fraction of sp³-hybridized carbons (Fsp3) is 0.571. The average Bonchev–Trinajstić information content (AvgIpc) is 2.39. The van der Waals surface area contributed by atoms with Gasteiger partial charge in [-0.1, -0.05) is 51.1 Å². The Labute approximate surface area is 121 Å². The number of hydrogen-bond acceptors (Lipinski definition) is 1. The molecule has 3 heteroatoms. The molecule has 1 saturated carbocycles. The van der Waals surface area contributed by atoms with Crippen LogP contribution < -0.4 is 4.90 Å². The summed E-state index contributed by atoms with van der Waals surface area (Å²) in [7, 11) is 2.24. The Bertz CT molecular complexity index is 372. The molecule has 0 aromatic heterocycles. The van der Waals surface area contributed by atoms with E-state index in [9.17, 15) is 0 Å². The van der Waals surface area contributed by atoms with Crippen LogP contribution in [-0.4, -0.2) is 13.1 Å². The van der Waals surface area contributed by atoms with Gasteiger partial charge in [0.1, 0.15) is 0 Å². The zero-order chi connectivity index (χ0) is 12.3. The summed E-state index contributed by atoms with van der Waals surface area (Å²) in [4.78, 5) is 2.47. The van der Waals surface area contributed by atoms with Gasteiger partial charge in [-0.2, -0.15) is 0 Å². The van der Waals surface area contributed by atoms with E-state index in [0.29, 0.717) is 0 Å². The van der Waals surface area contributed by atoms with Crippen molar-refractivity contribution < 1.29 is 0 Å². The molecule has 0 bridgehead atoms. The zero-order valence-corrected chi connectivity index (χ0v) is 13.4. The molecule has 1 aromatic rings. The fourth-order valence-electron chi connectivity index (χ4n) is 2.67. The molecule has 0 N–H and O–H groups in total. The van der Waals surface area contributed by atoms with Gasteiger partial charge >= 0.3 is 0 Å². The molecule has 17 heavy (non-hydrogen) atoms. The molecule has 0 unspecified atom stereocenters. The normalized spacial score (nSPS) is 17.1. The van der Waals surface area contributed by atoms with Crippen molar-refractivity contribution in [3.63, 3.8) is 0 Å². The Balaban J connectivity index is 2.19.